The molecule has 0 radical (unpaired) electrons. The third-order valence-corrected chi connectivity index (χ3v) is 11.1. The fourth-order valence-corrected chi connectivity index (χ4v) is 8.52. The number of allylic oxidation sites excluding steroid dienone is 1. The molecule has 258 valence electrons. The molecule has 4 heterocycles. The van der Waals surface area contributed by atoms with Gasteiger partial charge < -0.3 is 14.5 Å². The van der Waals surface area contributed by atoms with Gasteiger partial charge in [-0.15, -0.1) is 0 Å². The minimum Gasteiger partial charge on any atom is -0.313 e. The summed E-state index contributed by atoms with van der Waals surface area (Å²) in [5.41, 5.74) is 12.9. The standard InChI is InChI=1S/C48H36N6/c1-30-25-34(48-51-46(31-13-4-2-5-14-31)50-47(52-48)32-15-6-3-7-16-32)27-40-39-24-23-36(53-42-21-10-8-19-37(42)38-20-9-11-22-43(38)53)28-44(39)54(45(30)40)35-18-12-17-33(26-35)41-29-49-41/h2-24,26-28,30,41,49H,25,29H2,1H3. The van der Waals surface area contributed by atoms with E-state index < -0.39 is 0 Å². The quantitative estimate of drug-likeness (QED) is 0.176. The molecule has 6 heteroatoms. The van der Waals surface area contributed by atoms with E-state index in [1.54, 1.807) is 0 Å². The van der Waals surface area contributed by atoms with Crippen LogP contribution in [0, 0.1) is 0 Å². The first kappa shape index (κ1) is 30.9. The molecule has 1 fully saturated rings. The van der Waals surface area contributed by atoms with Gasteiger partial charge in [-0.1, -0.05) is 122 Å². The van der Waals surface area contributed by atoms with Crippen LogP contribution in [0.1, 0.15) is 47.9 Å². The average Bonchev–Trinajstić information content (AvgIpc) is 3.96. The van der Waals surface area contributed by atoms with Gasteiger partial charge in [-0.2, -0.15) is 0 Å². The van der Waals surface area contributed by atoms with E-state index >= 15 is 0 Å². The van der Waals surface area contributed by atoms with Crippen LogP contribution in [0.5, 0.6) is 0 Å². The molecule has 0 bridgehead atoms. The highest BCUT2D eigenvalue weighted by molar-refractivity contribution is 6.09. The molecule has 1 aliphatic heterocycles. The van der Waals surface area contributed by atoms with Crippen molar-refractivity contribution < 1.29 is 0 Å². The van der Waals surface area contributed by atoms with Crippen LogP contribution in [0.15, 0.2) is 152 Å². The minimum absolute atomic E-state index is 0.198. The molecule has 6 aromatic carbocycles. The van der Waals surface area contributed by atoms with Gasteiger partial charge in [0, 0.05) is 68.4 Å². The van der Waals surface area contributed by atoms with Crippen LogP contribution in [0.2, 0.25) is 0 Å². The van der Waals surface area contributed by atoms with Crippen molar-refractivity contribution in [2.45, 2.75) is 25.3 Å². The average molecular weight is 697 g/mol. The van der Waals surface area contributed by atoms with E-state index in [2.05, 4.69) is 143 Å². The molecule has 6 nitrogen and oxygen atoms in total. The number of nitrogens with zero attached hydrogens (tertiary/aromatic N) is 5. The lowest BCUT2D eigenvalue weighted by atomic mass is 9.87. The van der Waals surface area contributed by atoms with E-state index in [1.807, 2.05) is 36.4 Å². The minimum atomic E-state index is 0.198. The molecule has 0 amide bonds. The Balaban J connectivity index is 1.15. The summed E-state index contributed by atoms with van der Waals surface area (Å²) in [7, 11) is 0. The monoisotopic (exact) mass is 696 g/mol. The SMILES string of the molecule is CC1CC(c2nc(-c3ccccc3)nc(-c3ccccc3)n2)=Cc2c1n(-c1cccc(C3CN3)c1)c1cc(-n3c4ccccc4c4ccccc43)ccc21. The summed E-state index contributed by atoms with van der Waals surface area (Å²) in [6, 6.07) is 54.4. The van der Waals surface area contributed by atoms with Crippen molar-refractivity contribution in [3.8, 4) is 34.2 Å². The molecular weight excluding hydrogens is 661 g/mol. The summed E-state index contributed by atoms with van der Waals surface area (Å²) < 4.78 is 4.93. The zero-order valence-corrected chi connectivity index (χ0v) is 29.8. The number of hydrogen-bond acceptors (Lipinski definition) is 4. The molecule has 1 saturated heterocycles. The Morgan fingerprint density at radius 1 is 0.537 bits per heavy atom. The highest BCUT2D eigenvalue weighted by Gasteiger charge is 2.30. The number of aromatic nitrogens is 5. The Morgan fingerprint density at radius 3 is 1.78 bits per heavy atom. The van der Waals surface area contributed by atoms with Gasteiger partial charge in [0.25, 0.3) is 0 Å². The maximum atomic E-state index is 5.14. The third kappa shape index (κ3) is 5.02. The number of nitrogens with one attached hydrogen (secondary N) is 1. The second-order valence-corrected chi connectivity index (χ2v) is 14.6. The fourth-order valence-electron chi connectivity index (χ4n) is 8.52. The van der Waals surface area contributed by atoms with E-state index in [4.69, 9.17) is 15.0 Å². The molecule has 1 N–H and O–H groups in total. The Hall–Kier alpha value is -6.63. The molecule has 2 atom stereocenters. The third-order valence-electron chi connectivity index (χ3n) is 11.1. The predicted octanol–water partition coefficient (Wildman–Crippen LogP) is 10.9. The summed E-state index contributed by atoms with van der Waals surface area (Å²) in [6.45, 7) is 3.37. The van der Waals surface area contributed by atoms with Crippen LogP contribution < -0.4 is 5.32 Å². The highest BCUT2D eigenvalue weighted by atomic mass is 15.1. The number of fused-ring (bicyclic) bond motifs is 6. The lowest BCUT2D eigenvalue weighted by molar-refractivity contribution is 0.728. The van der Waals surface area contributed by atoms with Crippen molar-refractivity contribution in [1.29, 1.82) is 0 Å². The van der Waals surface area contributed by atoms with Gasteiger partial charge >= 0.3 is 0 Å². The molecule has 54 heavy (non-hydrogen) atoms. The second kappa shape index (κ2) is 12.2. The predicted molar refractivity (Wildman–Crippen MR) is 220 cm³/mol. The fraction of sp³-hybridized carbons (Fsp3) is 0.104. The molecule has 2 aliphatic rings. The highest BCUT2D eigenvalue weighted by Crippen LogP contribution is 2.45. The van der Waals surface area contributed by atoms with Crippen LogP contribution in [0.25, 0.3) is 78.5 Å². The summed E-state index contributed by atoms with van der Waals surface area (Å²) in [5, 5.41) is 7.25. The van der Waals surface area contributed by atoms with Crippen molar-refractivity contribution >= 4 is 44.4 Å². The van der Waals surface area contributed by atoms with Gasteiger partial charge in [0.15, 0.2) is 17.5 Å². The smallest absolute Gasteiger partial charge is 0.164 e. The zero-order valence-electron chi connectivity index (χ0n) is 29.8. The molecular formula is C48H36N6. The lowest BCUT2D eigenvalue weighted by Crippen LogP contribution is -2.11. The maximum absolute atomic E-state index is 5.14. The van der Waals surface area contributed by atoms with Gasteiger partial charge in [-0.3, -0.25) is 0 Å². The molecule has 9 aromatic rings. The molecule has 1 aliphatic carbocycles. The van der Waals surface area contributed by atoms with Crippen LogP contribution in [-0.2, 0) is 0 Å². The van der Waals surface area contributed by atoms with Gasteiger partial charge in [-0.25, -0.2) is 15.0 Å². The van der Waals surface area contributed by atoms with Crippen molar-refractivity contribution in [3.05, 3.63) is 174 Å². The molecule has 3 aromatic heterocycles. The normalized spacial score (nSPS) is 16.5. The van der Waals surface area contributed by atoms with Crippen LogP contribution >= 0.6 is 0 Å². The molecule has 11 rings (SSSR count). The number of rotatable bonds is 6. The van der Waals surface area contributed by atoms with E-state index in [9.17, 15) is 0 Å². The summed E-state index contributed by atoms with van der Waals surface area (Å²) >= 11 is 0. The first-order valence-electron chi connectivity index (χ1n) is 18.8. The summed E-state index contributed by atoms with van der Waals surface area (Å²) in [4.78, 5) is 15.3. The molecule has 0 saturated carbocycles. The van der Waals surface area contributed by atoms with Crippen LogP contribution in [-0.4, -0.2) is 30.6 Å². The van der Waals surface area contributed by atoms with Gasteiger partial charge in [0.05, 0.1) is 16.6 Å². The van der Waals surface area contributed by atoms with Crippen molar-refractivity contribution in [2.24, 2.45) is 0 Å². The van der Waals surface area contributed by atoms with Gasteiger partial charge in [-0.05, 0) is 60.0 Å². The van der Waals surface area contributed by atoms with Crippen LogP contribution in [0.4, 0.5) is 0 Å². The maximum Gasteiger partial charge on any atom is 0.164 e. The van der Waals surface area contributed by atoms with E-state index in [0.29, 0.717) is 17.7 Å². The van der Waals surface area contributed by atoms with Crippen molar-refractivity contribution in [2.75, 3.05) is 6.54 Å². The van der Waals surface area contributed by atoms with E-state index in [-0.39, 0.29) is 5.92 Å². The van der Waals surface area contributed by atoms with E-state index in [1.165, 1.54) is 55.2 Å². The Bertz CT molecular complexity index is 2820. The number of hydrogen-bond donors (Lipinski definition) is 1. The Kier molecular flexibility index (Phi) is 7.00. The van der Waals surface area contributed by atoms with Gasteiger partial charge in [0.1, 0.15) is 0 Å². The first-order valence-corrected chi connectivity index (χ1v) is 18.8. The van der Waals surface area contributed by atoms with E-state index in [0.717, 1.165) is 41.2 Å². The van der Waals surface area contributed by atoms with Crippen LogP contribution in [0.3, 0.4) is 0 Å². The van der Waals surface area contributed by atoms with Gasteiger partial charge in [0.2, 0.25) is 0 Å². The molecule has 2 unspecified atom stereocenters. The second-order valence-electron chi connectivity index (χ2n) is 14.6. The summed E-state index contributed by atoms with van der Waals surface area (Å²) in [5.74, 6) is 2.29. The molecule has 0 spiro atoms. The zero-order chi connectivity index (χ0) is 35.8. The van der Waals surface area contributed by atoms with Crippen molar-refractivity contribution in [3.63, 3.8) is 0 Å². The summed E-state index contributed by atoms with van der Waals surface area (Å²) in [6.07, 6.45) is 3.15. The van der Waals surface area contributed by atoms with Crippen molar-refractivity contribution in [1.82, 2.24) is 29.4 Å². The Morgan fingerprint density at radius 2 is 1.13 bits per heavy atom. The first-order chi connectivity index (χ1) is 26.7. The lowest BCUT2D eigenvalue weighted by Gasteiger charge is -2.23. The number of benzene rings is 6. The number of para-hydroxylation sites is 2. The topological polar surface area (TPSA) is 70.5 Å². The Labute approximate surface area is 313 Å². The largest absolute Gasteiger partial charge is 0.313 e.